The molecule has 5 nitrogen and oxygen atoms in total. The van der Waals surface area contributed by atoms with E-state index < -0.39 is 6.61 Å². The summed E-state index contributed by atoms with van der Waals surface area (Å²) in [6.45, 7) is 5.40. The molecule has 0 radical (unpaired) electrons. The van der Waals surface area contributed by atoms with Crippen LogP contribution in [0.25, 0.3) is 0 Å². The second-order valence-corrected chi connectivity index (χ2v) is 8.05. The Morgan fingerprint density at radius 1 is 1.30 bits per heavy atom. The molecule has 0 aliphatic rings. The van der Waals surface area contributed by atoms with Gasteiger partial charge < -0.3 is 14.8 Å². The number of aryl methyl sites for hydroxylation is 1. The molecule has 0 saturated heterocycles. The summed E-state index contributed by atoms with van der Waals surface area (Å²) >= 11 is 1.39. The molecule has 0 aliphatic heterocycles. The predicted octanol–water partition coefficient (Wildman–Crippen LogP) is 4.33. The summed E-state index contributed by atoms with van der Waals surface area (Å²) in [7, 11) is 1.39. The van der Waals surface area contributed by atoms with Gasteiger partial charge >= 0.3 is 6.61 Å². The minimum Gasteiger partial charge on any atom is -0.493 e. The number of benzene rings is 1. The average molecular weight is 398 g/mol. The lowest BCUT2D eigenvalue weighted by Gasteiger charge is -2.13. The first kappa shape index (κ1) is 21.1. The Balaban J connectivity index is 2.00. The molecule has 0 unspecified atom stereocenters. The van der Waals surface area contributed by atoms with Crippen molar-refractivity contribution in [1.82, 2.24) is 10.3 Å². The lowest BCUT2D eigenvalue weighted by molar-refractivity contribution is -0.0512. The Hall–Kier alpha value is -2.22. The van der Waals surface area contributed by atoms with Crippen LogP contribution in [0.2, 0.25) is 0 Å². The molecule has 0 saturated carbocycles. The molecule has 1 aromatic carbocycles. The molecular weight excluding hydrogens is 374 g/mol. The molecule has 8 heteroatoms. The Morgan fingerprint density at radius 2 is 2.00 bits per heavy atom. The van der Waals surface area contributed by atoms with E-state index >= 15 is 0 Å². The molecular formula is C19H24F2N2O3S. The summed E-state index contributed by atoms with van der Waals surface area (Å²) in [4.78, 5) is 17.5. The Kier molecular flexibility index (Phi) is 6.75. The highest BCUT2D eigenvalue weighted by molar-refractivity contribution is 7.14. The van der Waals surface area contributed by atoms with Crippen LogP contribution in [0.4, 0.5) is 8.78 Å². The number of carbonyl (C=O) groups is 1. The fourth-order valence-corrected chi connectivity index (χ4v) is 3.43. The first-order chi connectivity index (χ1) is 12.6. The summed E-state index contributed by atoms with van der Waals surface area (Å²) in [6.07, 6.45) is 0.472. The van der Waals surface area contributed by atoms with Crippen molar-refractivity contribution in [2.45, 2.75) is 46.1 Å². The van der Waals surface area contributed by atoms with E-state index in [0.717, 1.165) is 10.6 Å². The smallest absolute Gasteiger partial charge is 0.387 e. The van der Waals surface area contributed by atoms with Crippen molar-refractivity contribution >= 4 is 17.2 Å². The van der Waals surface area contributed by atoms with E-state index in [4.69, 9.17) is 4.74 Å². The Bertz CT molecular complexity index is 801. The second kappa shape index (κ2) is 8.65. The second-order valence-electron chi connectivity index (χ2n) is 7.05. The summed E-state index contributed by atoms with van der Waals surface area (Å²) in [5.41, 5.74) is 1.35. The largest absolute Gasteiger partial charge is 0.493 e. The number of halogens is 2. The van der Waals surface area contributed by atoms with Crippen molar-refractivity contribution < 1.29 is 23.0 Å². The number of amides is 1. The number of rotatable bonds is 7. The topological polar surface area (TPSA) is 60.5 Å². The van der Waals surface area contributed by atoms with Gasteiger partial charge in [-0.05, 0) is 31.0 Å². The molecule has 0 atom stereocenters. The maximum atomic E-state index is 12.5. The van der Waals surface area contributed by atoms with Crippen LogP contribution in [0, 0.1) is 6.92 Å². The van der Waals surface area contributed by atoms with Gasteiger partial charge in [-0.3, -0.25) is 4.79 Å². The molecule has 1 N–H and O–H groups in total. The molecule has 0 spiro atoms. The summed E-state index contributed by atoms with van der Waals surface area (Å²) in [5.74, 6) is 0.0283. The third kappa shape index (κ3) is 5.63. The highest BCUT2D eigenvalue weighted by Crippen LogP contribution is 2.30. The molecule has 2 aromatic rings. The van der Waals surface area contributed by atoms with Crippen molar-refractivity contribution in [3.8, 4) is 11.5 Å². The zero-order valence-electron chi connectivity index (χ0n) is 16.1. The SMILES string of the molecule is COc1ccc(CCNC(=O)c2sc(C(C)(C)C)nc2C)cc1OC(F)F. The highest BCUT2D eigenvalue weighted by atomic mass is 32.1. The van der Waals surface area contributed by atoms with Gasteiger partial charge in [-0.2, -0.15) is 8.78 Å². The number of aromatic nitrogens is 1. The monoisotopic (exact) mass is 398 g/mol. The van der Waals surface area contributed by atoms with Crippen LogP contribution in [-0.4, -0.2) is 31.2 Å². The molecule has 0 fully saturated rings. The predicted molar refractivity (Wildman–Crippen MR) is 101 cm³/mol. The zero-order chi connectivity index (χ0) is 20.2. The number of nitrogens with zero attached hydrogens (tertiary/aromatic N) is 1. The highest BCUT2D eigenvalue weighted by Gasteiger charge is 2.23. The standard InChI is InChI=1S/C19H24F2N2O3S/c1-11-15(27-17(23-11)19(2,3)4)16(24)22-9-8-12-6-7-13(25-5)14(10-12)26-18(20)21/h6-7,10,18H,8-9H2,1-5H3,(H,22,24). The molecule has 0 bridgehead atoms. The Morgan fingerprint density at radius 3 is 2.56 bits per heavy atom. The number of nitrogens with one attached hydrogen (secondary N) is 1. The van der Waals surface area contributed by atoms with Gasteiger partial charge in [0.25, 0.3) is 5.91 Å². The van der Waals surface area contributed by atoms with E-state index in [1.165, 1.54) is 24.5 Å². The maximum absolute atomic E-state index is 12.5. The van der Waals surface area contributed by atoms with Crippen molar-refractivity contribution in [3.63, 3.8) is 0 Å². The van der Waals surface area contributed by atoms with E-state index in [1.54, 1.807) is 12.1 Å². The minimum absolute atomic E-state index is 0.0237. The first-order valence-corrected chi connectivity index (χ1v) is 9.31. The van der Waals surface area contributed by atoms with Crippen molar-refractivity contribution in [1.29, 1.82) is 0 Å². The lowest BCUT2D eigenvalue weighted by Crippen LogP contribution is -2.25. The van der Waals surface area contributed by atoms with E-state index in [1.807, 2.05) is 6.92 Å². The Labute approximate surface area is 161 Å². The van der Waals surface area contributed by atoms with Gasteiger partial charge in [0.15, 0.2) is 11.5 Å². The van der Waals surface area contributed by atoms with Crippen molar-refractivity contribution in [3.05, 3.63) is 39.3 Å². The molecule has 27 heavy (non-hydrogen) atoms. The summed E-state index contributed by atoms with van der Waals surface area (Å²) < 4.78 is 34.5. The van der Waals surface area contributed by atoms with E-state index in [2.05, 4.69) is 35.8 Å². The third-order valence-corrected chi connectivity index (χ3v) is 5.37. The maximum Gasteiger partial charge on any atom is 0.387 e. The van der Waals surface area contributed by atoms with Gasteiger partial charge in [0.1, 0.15) is 4.88 Å². The van der Waals surface area contributed by atoms with Crippen LogP contribution < -0.4 is 14.8 Å². The number of thiazole rings is 1. The molecule has 2 rings (SSSR count). The number of hydrogen-bond donors (Lipinski definition) is 1. The number of hydrogen-bond acceptors (Lipinski definition) is 5. The van der Waals surface area contributed by atoms with Gasteiger partial charge in [-0.25, -0.2) is 4.98 Å². The normalized spacial score (nSPS) is 11.6. The zero-order valence-corrected chi connectivity index (χ0v) is 16.9. The van der Waals surface area contributed by atoms with Crippen LogP contribution in [0.1, 0.15) is 46.7 Å². The minimum atomic E-state index is -2.93. The number of ether oxygens (including phenoxy) is 2. The summed E-state index contributed by atoms with van der Waals surface area (Å²) in [6, 6.07) is 4.81. The van der Waals surface area contributed by atoms with Crippen LogP contribution in [0.15, 0.2) is 18.2 Å². The fraction of sp³-hybridized carbons (Fsp3) is 0.474. The number of carbonyl (C=O) groups excluding carboxylic acids is 1. The quantitative estimate of drug-likeness (QED) is 0.754. The number of alkyl halides is 2. The van der Waals surface area contributed by atoms with Gasteiger partial charge in [-0.15, -0.1) is 11.3 Å². The fourth-order valence-electron chi connectivity index (χ4n) is 2.39. The molecule has 1 heterocycles. The van der Waals surface area contributed by atoms with Crippen molar-refractivity contribution in [2.75, 3.05) is 13.7 Å². The number of methoxy groups -OCH3 is 1. The van der Waals surface area contributed by atoms with Gasteiger partial charge in [0, 0.05) is 12.0 Å². The average Bonchev–Trinajstić information content (AvgIpc) is 2.97. The molecule has 148 valence electrons. The van der Waals surface area contributed by atoms with Crippen LogP contribution in [0.5, 0.6) is 11.5 Å². The van der Waals surface area contributed by atoms with Crippen molar-refractivity contribution in [2.24, 2.45) is 0 Å². The van der Waals surface area contributed by atoms with E-state index in [-0.39, 0.29) is 22.8 Å². The van der Waals surface area contributed by atoms with Crippen LogP contribution in [0.3, 0.4) is 0 Å². The lowest BCUT2D eigenvalue weighted by atomic mass is 9.98. The van der Waals surface area contributed by atoms with Gasteiger partial charge in [-0.1, -0.05) is 26.8 Å². The van der Waals surface area contributed by atoms with E-state index in [0.29, 0.717) is 23.5 Å². The molecule has 0 aliphatic carbocycles. The van der Waals surface area contributed by atoms with Crippen LogP contribution >= 0.6 is 11.3 Å². The summed E-state index contributed by atoms with van der Waals surface area (Å²) in [5, 5.41) is 3.76. The molecule has 1 amide bonds. The third-order valence-electron chi connectivity index (χ3n) is 3.79. The van der Waals surface area contributed by atoms with Gasteiger partial charge in [0.2, 0.25) is 0 Å². The van der Waals surface area contributed by atoms with Gasteiger partial charge in [0.05, 0.1) is 17.8 Å². The van der Waals surface area contributed by atoms with E-state index in [9.17, 15) is 13.6 Å². The van der Waals surface area contributed by atoms with Crippen LogP contribution in [-0.2, 0) is 11.8 Å². The first-order valence-electron chi connectivity index (χ1n) is 8.49. The molecule has 1 aromatic heterocycles.